The third kappa shape index (κ3) is 42.1. The zero-order chi connectivity index (χ0) is 22.9. The molecule has 0 aromatic heterocycles. The second kappa shape index (κ2) is 31.2. The van der Waals surface area contributed by atoms with Gasteiger partial charge in [0.2, 0.25) is 0 Å². The van der Waals surface area contributed by atoms with Crippen LogP contribution in [0.25, 0.3) is 0 Å². The molecule has 0 atom stereocenters. The van der Waals surface area contributed by atoms with Crippen LogP contribution in [0.2, 0.25) is 0 Å². The van der Waals surface area contributed by atoms with Crippen molar-refractivity contribution < 1.29 is 85.3 Å². The van der Waals surface area contributed by atoms with Crippen LogP contribution in [0.3, 0.4) is 0 Å². The molecule has 0 aromatic carbocycles. The Hall–Kier alpha value is -0.0338. The summed E-state index contributed by atoms with van der Waals surface area (Å²) in [6, 6.07) is 0. The van der Waals surface area contributed by atoms with Crippen LogP contribution in [0.15, 0.2) is 0 Å². The van der Waals surface area contributed by atoms with Gasteiger partial charge in [-0.3, -0.25) is 19.2 Å². The first-order chi connectivity index (χ1) is 13.7. The van der Waals surface area contributed by atoms with Crippen molar-refractivity contribution >= 4 is 23.5 Å². The normalized spacial score (nSPS) is 9.07. The molecule has 2 N–H and O–H groups in total. The fourth-order valence-electron chi connectivity index (χ4n) is 1.63. The number of aliphatic carboxylic acids is 2. The minimum Gasteiger partial charge on any atom is 0 e. The number of carboxylic acid groups (broad SMARTS) is 2. The summed E-state index contributed by atoms with van der Waals surface area (Å²) < 4.78 is 10.7. The number of carboxylic acids is 2. The molecule has 30 heavy (non-hydrogen) atoms. The Morgan fingerprint density at radius 2 is 1.00 bits per heavy atom. The number of Topliss-reactive ketones (excluding diaryl/α,β-unsaturated/α-hetero) is 2. The van der Waals surface area contributed by atoms with Crippen molar-refractivity contribution in [3.8, 4) is 0 Å². The fraction of sp³-hybridized carbons (Fsp3) is 0.800. The molecule has 0 saturated heterocycles. The Morgan fingerprint density at radius 3 is 1.23 bits per heavy atom. The number of unbranched alkanes of at least 4 members (excludes halogenated alkanes) is 2. The molecular weight excluding hydrogens is 551 g/mol. The number of rotatable bonds is 16. The van der Waals surface area contributed by atoms with E-state index in [0.717, 1.165) is 26.1 Å². The van der Waals surface area contributed by atoms with Crippen LogP contribution in [0.5, 0.6) is 0 Å². The average Bonchev–Trinajstić information content (AvgIpc) is 2.61. The van der Waals surface area contributed by atoms with Crippen LogP contribution in [0.1, 0.15) is 91.9 Å². The maximum absolute atomic E-state index is 10.5. The van der Waals surface area contributed by atoms with Gasteiger partial charge >= 0.3 is 94.4 Å². The molecule has 0 radical (unpaired) electrons. The van der Waals surface area contributed by atoms with Gasteiger partial charge in [0.05, 0.1) is 0 Å². The molecule has 0 rings (SSSR count). The van der Waals surface area contributed by atoms with E-state index in [9.17, 15) is 19.2 Å². The maximum atomic E-state index is 10.5. The summed E-state index contributed by atoms with van der Waals surface area (Å²) in [5, 5.41) is 16.2. The van der Waals surface area contributed by atoms with Gasteiger partial charge in [0.1, 0.15) is 24.4 Å². The van der Waals surface area contributed by atoms with Crippen LogP contribution >= 0.6 is 0 Å². The third-order valence-corrected chi connectivity index (χ3v) is 4.66. The van der Waals surface area contributed by atoms with E-state index >= 15 is 0 Å². The van der Waals surface area contributed by atoms with Crippen LogP contribution in [0.4, 0.5) is 0 Å². The van der Waals surface area contributed by atoms with Gasteiger partial charge in [-0.05, 0) is 12.8 Å². The van der Waals surface area contributed by atoms with Gasteiger partial charge in [-0.2, -0.15) is 0 Å². The largest absolute Gasteiger partial charge is 0 e. The topological polar surface area (TPSA) is 127 Å². The molecule has 0 bridgehead atoms. The molecule has 8 nitrogen and oxygen atoms in total. The molecule has 10 heteroatoms. The van der Waals surface area contributed by atoms with E-state index in [4.69, 9.17) is 15.8 Å². The Morgan fingerprint density at radius 1 is 0.667 bits per heavy atom. The van der Waals surface area contributed by atoms with Gasteiger partial charge in [0.25, 0.3) is 0 Å². The summed E-state index contributed by atoms with van der Waals surface area (Å²) in [7, 11) is 0. The summed E-state index contributed by atoms with van der Waals surface area (Å²) in [6.45, 7) is 9.86. The first kappa shape index (κ1) is 37.3. The first-order valence-electron chi connectivity index (χ1n) is 10.2. The van der Waals surface area contributed by atoms with Crippen molar-refractivity contribution in [1.82, 2.24) is 0 Å². The Balaban J connectivity index is -0.000000167. The van der Waals surface area contributed by atoms with Crippen LogP contribution in [0, 0.1) is 0 Å². The van der Waals surface area contributed by atoms with E-state index in [2.05, 4.69) is 13.8 Å². The molecule has 0 spiro atoms. The quantitative estimate of drug-likeness (QED) is 0.203. The van der Waals surface area contributed by atoms with Gasteiger partial charge in [-0.1, -0.05) is 13.8 Å². The predicted molar refractivity (Wildman–Crippen MR) is 106 cm³/mol. The molecule has 0 aliphatic rings. The summed E-state index contributed by atoms with van der Waals surface area (Å²) in [5.74, 6) is -2.45. The monoisotopic (exact) mass is 586 g/mol. The van der Waals surface area contributed by atoms with Gasteiger partial charge < -0.3 is 10.2 Å². The number of hydrogen-bond donors (Lipinski definition) is 2. The average molecular weight is 589 g/mol. The van der Waals surface area contributed by atoms with Gasteiger partial charge in [0.15, 0.2) is 0 Å². The van der Waals surface area contributed by atoms with E-state index in [1.54, 1.807) is 0 Å². The van der Waals surface area contributed by atoms with E-state index in [0.29, 0.717) is 12.8 Å². The van der Waals surface area contributed by atoms with Crippen molar-refractivity contribution in [2.45, 2.75) is 91.9 Å². The molecule has 0 saturated carbocycles. The van der Waals surface area contributed by atoms with Gasteiger partial charge in [0, 0.05) is 39.0 Å². The Kier molecular flexibility index (Phi) is 38.7. The molecule has 0 aromatic rings. The summed E-state index contributed by atoms with van der Waals surface area (Å²) in [6.07, 6.45) is 6.36. The molecule has 0 aliphatic heterocycles. The second-order valence-corrected chi connectivity index (χ2v) is 8.03. The van der Waals surface area contributed by atoms with E-state index in [-0.39, 0.29) is 50.6 Å². The molecule has 0 fully saturated rings. The molecule has 0 amide bonds. The Labute approximate surface area is 212 Å². The molecule has 0 aliphatic carbocycles. The molecule has 0 unspecified atom stereocenters. The fourth-order valence-corrected chi connectivity index (χ4v) is 2.95. The number of ketones is 2. The molecule has 174 valence electrons. The van der Waals surface area contributed by atoms with Gasteiger partial charge in [-0.25, -0.2) is 0 Å². The minimum absolute atomic E-state index is 0. The summed E-state index contributed by atoms with van der Waals surface area (Å²) in [4.78, 5) is 40.7. The van der Waals surface area contributed by atoms with Crippen molar-refractivity contribution in [3.63, 3.8) is 0 Å². The van der Waals surface area contributed by atoms with E-state index in [1.807, 2.05) is 13.8 Å². The smallest absolute Gasteiger partial charge is 0 e. The number of carbonyl (C=O) groups is 4. The first-order valence-corrected chi connectivity index (χ1v) is 12.2. The van der Waals surface area contributed by atoms with Crippen molar-refractivity contribution in [2.75, 3.05) is 13.2 Å². The number of hydrogen-bond acceptors (Lipinski definition) is 6. The molecule has 0 heterocycles. The van der Waals surface area contributed by atoms with Crippen LogP contribution in [-0.2, 0) is 75.1 Å². The maximum Gasteiger partial charge on any atom is 0 e. The number of carbonyl (C=O) groups excluding carboxylic acids is 2. The third-order valence-electron chi connectivity index (χ3n) is 3.07. The van der Waals surface area contributed by atoms with Gasteiger partial charge in [-0.15, -0.1) is 0 Å². The van der Waals surface area contributed by atoms with Crippen molar-refractivity contribution in [1.29, 1.82) is 0 Å². The van der Waals surface area contributed by atoms with Crippen molar-refractivity contribution in [2.24, 2.45) is 0 Å². The zero-order valence-electron chi connectivity index (χ0n) is 18.8. The van der Waals surface area contributed by atoms with Crippen molar-refractivity contribution in [3.05, 3.63) is 0 Å². The van der Waals surface area contributed by atoms with E-state index < -0.39 is 36.1 Å². The Bertz CT molecular complexity index is 393. The minimum atomic E-state index is -1.03. The predicted octanol–water partition coefficient (Wildman–Crippen LogP) is 4.19. The van der Waals surface area contributed by atoms with Crippen LogP contribution in [-0.4, -0.2) is 46.9 Å². The zero-order valence-corrected chi connectivity index (χ0v) is 23.7. The van der Waals surface area contributed by atoms with E-state index in [1.165, 1.54) is 25.7 Å². The second-order valence-electron chi connectivity index (χ2n) is 6.21. The summed E-state index contributed by atoms with van der Waals surface area (Å²) >= 11 is -0.876. The molecular formula is C20H38O8Zr2. The summed E-state index contributed by atoms with van der Waals surface area (Å²) in [5.41, 5.74) is 0. The van der Waals surface area contributed by atoms with Crippen LogP contribution < -0.4 is 0 Å². The standard InChI is InChI=1S/2C6H10O3.2C4H9O.2Zr/c2*1-2-3-5(7)4-6(8)9;2*1-2-3-4-5;;/h2*2-4H2,1H3,(H,8,9);2*2-4H2,1H3;;/q;;2*-1;;+2. The SMILES string of the molecule is CCCC(=O)CC(=O)O.CCCC(=O)CC(=O)O.CCCC[O][Zr][O]CCCC.[Zr].